The highest BCUT2D eigenvalue weighted by molar-refractivity contribution is 7.91. The summed E-state index contributed by atoms with van der Waals surface area (Å²) in [6, 6.07) is 3.34. The average molecular weight is 337 g/mol. The Morgan fingerprint density at radius 3 is 2.68 bits per heavy atom. The topological polar surface area (TPSA) is 50.3 Å². The van der Waals surface area contributed by atoms with Crippen LogP contribution < -0.4 is 0 Å². The van der Waals surface area contributed by atoms with Crippen molar-refractivity contribution < 1.29 is 8.42 Å². The van der Waals surface area contributed by atoms with Crippen LogP contribution in [0, 0.1) is 6.92 Å². The monoisotopic (exact) mass is 336 g/mol. The number of sulfonamides is 1. The smallest absolute Gasteiger partial charge is 0.245 e. The zero-order valence-corrected chi connectivity index (χ0v) is 13.7. The minimum Gasteiger partial charge on any atom is -0.245 e. The summed E-state index contributed by atoms with van der Waals surface area (Å²) in [6.07, 6.45) is 0. The number of rotatable bonds is 5. The Labute approximate surface area is 125 Å². The van der Waals surface area contributed by atoms with Gasteiger partial charge in [-0.1, -0.05) is 0 Å². The van der Waals surface area contributed by atoms with E-state index < -0.39 is 10.0 Å². The average Bonchev–Trinajstić information content (AvgIpc) is 2.98. The lowest BCUT2D eigenvalue weighted by Gasteiger charge is -2.14. The first kappa shape index (κ1) is 14.9. The molecule has 104 valence electrons. The minimum atomic E-state index is -3.46. The van der Waals surface area contributed by atoms with E-state index >= 15 is 0 Å². The summed E-state index contributed by atoms with van der Waals surface area (Å²) in [5, 5.41) is 2.81. The zero-order valence-electron chi connectivity index (χ0n) is 10.5. The third kappa shape index (κ3) is 3.35. The van der Waals surface area contributed by atoms with Crippen LogP contribution in [0.1, 0.15) is 15.6 Å². The van der Waals surface area contributed by atoms with Gasteiger partial charge in [0, 0.05) is 17.3 Å². The predicted octanol–water partition coefficient (Wildman–Crippen LogP) is 3.07. The quantitative estimate of drug-likeness (QED) is 0.788. The standard InChI is InChI=1S/C11H13ClN2O2S3/c1-8-13-9(7-17-8)6-14(2)19(15,16)11-4-3-10(5-12)18-11/h3-4,7H,5-6H2,1-2H3. The first-order valence-corrected chi connectivity index (χ1v) is 9.12. The molecule has 0 radical (unpaired) electrons. The Balaban J connectivity index is 2.19. The largest absolute Gasteiger partial charge is 0.252 e. The van der Waals surface area contributed by atoms with Gasteiger partial charge >= 0.3 is 0 Å². The van der Waals surface area contributed by atoms with Crippen molar-refractivity contribution in [3.63, 3.8) is 0 Å². The fourth-order valence-electron chi connectivity index (χ4n) is 1.52. The van der Waals surface area contributed by atoms with Gasteiger partial charge < -0.3 is 0 Å². The predicted molar refractivity (Wildman–Crippen MR) is 79.4 cm³/mol. The van der Waals surface area contributed by atoms with E-state index in [0.717, 1.165) is 15.6 Å². The van der Waals surface area contributed by atoms with Crippen molar-refractivity contribution >= 4 is 44.3 Å². The van der Waals surface area contributed by atoms with E-state index in [2.05, 4.69) is 4.98 Å². The molecule has 0 aliphatic rings. The number of hydrogen-bond donors (Lipinski definition) is 0. The van der Waals surface area contributed by atoms with Gasteiger partial charge in [0.15, 0.2) is 0 Å². The second-order valence-electron chi connectivity index (χ2n) is 3.97. The number of aryl methyl sites for hydroxylation is 1. The maximum Gasteiger partial charge on any atom is 0.252 e. The molecule has 0 atom stereocenters. The minimum absolute atomic E-state index is 0.279. The van der Waals surface area contributed by atoms with Gasteiger partial charge in [0.25, 0.3) is 10.0 Å². The number of thiazole rings is 1. The number of aromatic nitrogens is 1. The fraction of sp³-hybridized carbons (Fsp3) is 0.364. The summed E-state index contributed by atoms with van der Waals surface area (Å²) >= 11 is 8.41. The summed E-state index contributed by atoms with van der Waals surface area (Å²) in [4.78, 5) is 5.12. The molecule has 0 saturated carbocycles. The molecular weight excluding hydrogens is 324 g/mol. The number of alkyl halides is 1. The summed E-state index contributed by atoms with van der Waals surface area (Å²) in [5.74, 6) is 0.329. The zero-order chi connectivity index (χ0) is 14.0. The van der Waals surface area contributed by atoms with Crippen molar-refractivity contribution in [3.05, 3.63) is 33.1 Å². The molecular formula is C11H13ClN2O2S3. The van der Waals surface area contributed by atoms with Gasteiger partial charge in [-0.15, -0.1) is 34.3 Å². The third-order valence-corrected chi connectivity index (χ3v) is 7.11. The normalized spacial score (nSPS) is 12.2. The second kappa shape index (κ2) is 5.88. The lowest BCUT2D eigenvalue weighted by molar-refractivity contribution is 0.464. The van der Waals surface area contributed by atoms with Crippen molar-refractivity contribution in [2.75, 3.05) is 7.05 Å². The molecule has 0 aromatic carbocycles. The molecule has 0 unspecified atom stereocenters. The van der Waals surface area contributed by atoms with E-state index in [0.29, 0.717) is 10.1 Å². The van der Waals surface area contributed by atoms with E-state index in [1.807, 2.05) is 12.3 Å². The van der Waals surface area contributed by atoms with Crippen LogP contribution in [0.4, 0.5) is 0 Å². The lowest BCUT2D eigenvalue weighted by atomic mass is 10.5. The Morgan fingerprint density at radius 2 is 2.16 bits per heavy atom. The van der Waals surface area contributed by atoms with Crippen molar-refractivity contribution in [1.29, 1.82) is 0 Å². The molecule has 0 spiro atoms. The van der Waals surface area contributed by atoms with Crippen molar-refractivity contribution in [2.45, 2.75) is 23.6 Å². The maximum atomic E-state index is 12.3. The molecule has 0 amide bonds. The maximum absolute atomic E-state index is 12.3. The first-order valence-electron chi connectivity index (χ1n) is 5.45. The van der Waals surface area contributed by atoms with Crippen molar-refractivity contribution in [1.82, 2.24) is 9.29 Å². The van der Waals surface area contributed by atoms with Gasteiger partial charge in [0.2, 0.25) is 0 Å². The van der Waals surface area contributed by atoms with E-state index in [1.165, 1.54) is 27.0 Å². The molecule has 2 aromatic heterocycles. The third-order valence-electron chi connectivity index (χ3n) is 2.48. The Morgan fingerprint density at radius 1 is 1.42 bits per heavy atom. The second-order valence-corrected chi connectivity index (χ2v) is 8.74. The van der Waals surface area contributed by atoms with E-state index in [4.69, 9.17) is 11.6 Å². The van der Waals surface area contributed by atoms with Crippen LogP contribution in [-0.4, -0.2) is 24.8 Å². The van der Waals surface area contributed by atoms with Gasteiger partial charge in [-0.2, -0.15) is 4.31 Å². The Bertz CT molecular complexity index is 663. The fourth-order valence-corrected chi connectivity index (χ4v) is 4.93. The summed E-state index contributed by atoms with van der Waals surface area (Å²) in [7, 11) is -1.90. The SMILES string of the molecule is Cc1nc(CN(C)S(=O)(=O)c2ccc(CCl)s2)cs1. The van der Waals surface area contributed by atoms with Crippen LogP contribution >= 0.6 is 34.3 Å². The van der Waals surface area contributed by atoms with E-state index in [-0.39, 0.29) is 6.54 Å². The summed E-state index contributed by atoms with van der Waals surface area (Å²) < 4.78 is 26.3. The Kier molecular flexibility index (Phi) is 4.62. The molecule has 19 heavy (non-hydrogen) atoms. The molecule has 2 heterocycles. The van der Waals surface area contributed by atoms with Crippen LogP contribution in [0.3, 0.4) is 0 Å². The van der Waals surface area contributed by atoms with E-state index in [1.54, 1.807) is 19.2 Å². The van der Waals surface area contributed by atoms with Gasteiger partial charge in [-0.3, -0.25) is 0 Å². The van der Waals surface area contributed by atoms with Crippen LogP contribution in [0.2, 0.25) is 0 Å². The number of halogens is 1. The summed E-state index contributed by atoms with van der Waals surface area (Å²) in [6.45, 7) is 2.18. The highest BCUT2D eigenvalue weighted by Crippen LogP contribution is 2.26. The summed E-state index contributed by atoms with van der Waals surface area (Å²) in [5.41, 5.74) is 0.766. The lowest BCUT2D eigenvalue weighted by Crippen LogP contribution is -2.25. The Hall–Kier alpha value is -0.470. The highest BCUT2D eigenvalue weighted by atomic mass is 35.5. The van der Waals surface area contributed by atoms with Crippen molar-refractivity contribution in [2.24, 2.45) is 0 Å². The van der Waals surface area contributed by atoms with Crippen LogP contribution in [0.5, 0.6) is 0 Å². The number of nitrogens with zero attached hydrogens (tertiary/aromatic N) is 2. The molecule has 0 fully saturated rings. The van der Waals surface area contributed by atoms with Gasteiger partial charge in [-0.05, 0) is 19.1 Å². The molecule has 2 aromatic rings. The highest BCUT2D eigenvalue weighted by Gasteiger charge is 2.23. The molecule has 0 aliphatic heterocycles. The molecule has 8 heteroatoms. The van der Waals surface area contributed by atoms with Crippen LogP contribution in [0.25, 0.3) is 0 Å². The number of thiophene rings is 1. The molecule has 0 bridgehead atoms. The van der Waals surface area contributed by atoms with Gasteiger partial charge in [-0.25, -0.2) is 13.4 Å². The number of hydrogen-bond acceptors (Lipinski definition) is 5. The molecule has 4 nitrogen and oxygen atoms in total. The molecule has 0 aliphatic carbocycles. The molecule has 2 rings (SSSR count). The van der Waals surface area contributed by atoms with Crippen LogP contribution in [-0.2, 0) is 22.4 Å². The van der Waals surface area contributed by atoms with Crippen molar-refractivity contribution in [3.8, 4) is 0 Å². The van der Waals surface area contributed by atoms with Gasteiger partial charge in [0.1, 0.15) is 4.21 Å². The van der Waals surface area contributed by atoms with Crippen LogP contribution in [0.15, 0.2) is 21.7 Å². The molecule has 0 saturated heterocycles. The van der Waals surface area contributed by atoms with Gasteiger partial charge in [0.05, 0.1) is 23.1 Å². The first-order chi connectivity index (χ1) is 8.93. The molecule has 0 N–H and O–H groups in total. The van der Waals surface area contributed by atoms with E-state index in [9.17, 15) is 8.42 Å².